The minimum Gasteiger partial charge on any atom is -0.335 e. The van der Waals surface area contributed by atoms with Crippen molar-refractivity contribution in [3.63, 3.8) is 0 Å². The number of hydrogen-bond donors (Lipinski definition) is 0. The van der Waals surface area contributed by atoms with Gasteiger partial charge in [0.05, 0.1) is 16.8 Å². The van der Waals surface area contributed by atoms with Gasteiger partial charge in [-0.3, -0.25) is 0 Å². The quantitative estimate of drug-likeness (QED) is 0.206. The summed E-state index contributed by atoms with van der Waals surface area (Å²) in [7, 11) is 0. The van der Waals surface area contributed by atoms with Crippen LogP contribution in [0.1, 0.15) is 33.5 Å². The van der Waals surface area contributed by atoms with Crippen LogP contribution < -0.4 is 0 Å². The van der Waals surface area contributed by atoms with Crippen molar-refractivity contribution in [3.05, 3.63) is 174 Å². The molecule has 0 fully saturated rings. The lowest BCUT2D eigenvalue weighted by atomic mass is 9.98. The van der Waals surface area contributed by atoms with Crippen LogP contribution in [-0.2, 0) is 0 Å². The summed E-state index contributed by atoms with van der Waals surface area (Å²) in [6.07, 6.45) is 2.36. The fourth-order valence-electron chi connectivity index (χ4n) is 4.98. The van der Waals surface area contributed by atoms with E-state index in [-0.39, 0.29) is 11.3 Å². The van der Waals surface area contributed by atoms with Crippen LogP contribution in [0.15, 0.2) is 157 Å². The third kappa shape index (κ3) is 4.48. The molecular formula is C34H27NS. The number of thioether (sulfide) groups is 1. The average molecular weight is 482 g/mol. The maximum atomic E-state index is 2.45. The maximum Gasteiger partial charge on any atom is 0.0839 e. The molecule has 0 saturated carbocycles. The minimum absolute atomic E-state index is 0.0959. The van der Waals surface area contributed by atoms with Crippen molar-refractivity contribution < 1.29 is 0 Å². The Morgan fingerprint density at radius 3 is 1.36 bits per heavy atom. The molecule has 0 atom stereocenters. The second-order valence-electron chi connectivity index (χ2n) is 8.96. The Hall–Kier alpha value is -4.01. The van der Waals surface area contributed by atoms with Gasteiger partial charge in [-0.1, -0.05) is 140 Å². The minimum atomic E-state index is 0.0959. The Labute approximate surface area is 217 Å². The van der Waals surface area contributed by atoms with Gasteiger partial charge in [-0.15, -0.1) is 11.8 Å². The molecule has 5 aromatic carbocycles. The van der Waals surface area contributed by atoms with E-state index in [1.165, 1.54) is 38.1 Å². The smallest absolute Gasteiger partial charge is 0.0839 e. The SMILES string of the molecule is c1ccc(C(Sc2cn(C(c3ccccc3)c3ccccc3)c3ccccc23)c2ccccc2)cc1. The molecule has 0 saturated heterocycles. The lowest BCUT2D eigenvalue weighted by Crippen LogP contribution is -2.11. The summed E-state index contributed by atoms with van der Waals surface area (Å²) in [6.45, 7) is 0. The number of hydrogen-bond acceptors (Lipinski definition) is 1. The van der Waals surface area contributed by atoms with Gasteiger partial charge < -0.3 is 4.57 Å². The van der Waals surface area contributed by atoms with Crippen LogP contribution in [0.25, 0.3) is 10.9 Å². The van der Waals surface area contributed by atoms with E-state index in [0.29, 0.717) is 0 Å². The molecule has 0 N–H and O–H groups in total. The first-order chi connectivity index (χ1) is 17.9. The topological polar surface area (TPSA) is 4.93 Å². The first-order valence-corrected chi connectivity index (χ1v) is 13.2. The molecule has 2 heteroatoms. The second-order valence-corrected chi connectivity index (χ2v) is 10.1. The Bertz CT molecular complexity index is 1460. The monoisotopic (exact) mass is 481 g/mol. The molecule has 36 heavy (non-hydrogen) atoms. The Balaban J connectivity index is 1.51. The molecule has 1 heterocycles. The molecule has 1 aromatic heterocycles. The van der Waals surface area contributed by atoms with Gasteiger partial charge >= 0.3 is 0 Å². The highest BCUT2D eigenvalue weighted by atomic mass is 32.2. The number of fused-ring (bicyclic) bond motifs is 1. The number of para-hydroxylation sites is 1. The Morgan fingerprint density at radius 2 is 0.861 bits per heavy atom. The number of rotatable bonds is 7. The van der Waals surface area contributed by atoms with Gasteiger partial charge in [-0.25, -0.2) is 0 Å². The first-order valence-electron chi connectivity index (χ1n) is 12.3. The highest BCUT2D eigenvalue weighted by Gasteiger charge is 2.23. The van der Waals surface area contributed by atoms with Crippen molar-refractivity contribution >= 4 is 22.7 Å². The van der Waals surface area contributed by atoms with Gasteiger partial charge in [0, 0.05) is 16.5 Å². The molecule has 0 aliphatic heterocycles. The fraction of sp³-hybridized carbons (Fsp3) is 0.0588. The molecule has 0 radical (unpaired) electrons. The zero-order valence-corrected chi connectivity index (χ0v) is 20.8. The molecule has 0 aliphatic rings. The van der Waals surface area contributed by atoms with E-state index in [1.54, 1.807) is 0 Å². The molecule has 174 valence electrons. The zero-order valence-electron chi connectivity index (χ0n) is 19.9. The molecule has 1 nitrogen and oxygen atoms in total. The van der Waals surface area contributed by atoms with E-state index in [0.717, 1.165) is 0 Å². The van der Waals surface area contributed by atoms with Crippen LogP contribution >= 0.6 is 11.8 Å². The maximum absolute atomic E-state index is 2.45. The van der Waals surface area contributed by atoms with Gasteiger partial charge in [0.15, 0.2) is 0 Å². The molecule has 6 rings (SSSR count). The predicted octanol–water partition coefficient (Wildman–Crippen LogP) is 9.16. The number of nitrogens with zero attached hydrogens (tertiary/aromatic N) is 1. The van der Waals surface area contributed by atoms with E-state index in [1.807, 2.05) is 11.8 Å². The van der Waals surface area contributed by atoms with Crippen molar-refractivity contribution in [1.29, 1.82) is 0 Å². The molecule has 6 aromatic rings. The highest BCUT2D eigenvalue weighted by Crippen LogP contribution is 2.45. The van der Waals surface area contributed by atoms with Crippen molar-refractivity contribution in [2.45, 2.75) is 16.2 Å². The summed E-state index contributed by atoms with van der Waals surface area (Å²) in [5.74, 6) is 0. The summed E-state index contributed by atoms with van der Waals surface area (Å²) in [5.41, 5.74) is 6.44. The van der Waals surface area contributed by atoms with Gasteiger partial charge in [-0.2, -0.15) is 0 Å². The highest BCUT2D eigenvalue weighted by molar-refractivity contribution is 8.00. The van der Waals surface area contributed by atoms with E-state index < -0.39 is 0 Å². The van der Waals surface area contributed by atoms with Crippen LogP contribution in [0.2, 0.25) is 0 Å². The summed E-state index contributed by atoms with van der Waals surface area (Å²) in [4.78, 5) is 1.29. The molecule has 0 spiro atoms. The number of aromatic nitrogens is 1. The van der Waals surface area contributed by atoms with Crippen molar-refractivity contribution in [3.8, 4) is 0 Å². The van der Waals surface area contributed by atoms with Crippen LogP contribution in [0.3, 0.4) is 0 Å². The number of benzene rings is 5. The van der Waals surface area contributed by atoms with Gasteiger partial charge in [-0.05, 0) is 28.3 Å². The van der Waals surface area contributed by atoms with Crippen LogP contribution in [0.4, 0.5) is 0 Å². The lowest BCUT2D eigenvalue weighted by molar-refractivity contribution is 0.701. The molecule has 0 unspecified atom stereocenters. The van der Waals surface area contributed by atoms with E-state index in [4.69, 9.17) is 0 Å². The second kappa shape index (κ2) is 10.3. The van der Waals surface area contributed by atoms with Crippen LogP contribution in [0, 0.1) is 0 Å². The summed E-state index contributed by atoms with van der Waals surface area (Å²) in [6, 6.07) is 52.2. The standard InChI is InChI=1S/C34H27NS/c1-5-15-26(16-6-1)33(27-17-7-2-8-18-27)35-25-32(30-23-13-14-24-31(30)35)36-34(28-19-9-3-10-20-28)29-21-11-4-12-22-29/h1-25,33-34H. The Kier molecular flexibility index (Phi) is 6.43. The van der Waals surface area contributed by atoms with Crippen LogP contribution in [-0.4, -0.2) is 4.57 Å². The van der Waals surface area contributed by atoms with E-state index in [2.05, 4.69) is 156 Å². The average Bonchev–Trinajstić information content (AvgIpc) is 3.32. The van der Waals surface area contributed by atoms with E-state index in [9.17, 15) is 0 Å². The van der Waals surface area contributed by atoms with Crippen molar-refractivity contribution in [1.82, 2.24) is 4.57 Å². The summed E-state index contributed by atoms with van der Waals surface area (Å²) >= 11 is 1.93. The predicted molar refractivity (Wildman–Crippen MR) is 153 cm³/mol. The largest absolute Gasteiger partial charge is 0.335 e. The summed E-state index contributed by atoms with van der Waals surface area (Å²) in [5, 5.41) is 1.50. The molecule has 0 aliphatic carbocycles. The van der Waals surface area contributed by atoms with Gasteiger partial charge in [0.1, 0.15) is 0 Å². The van der Waals surface area contributed by atoms with Crippen molar-refractivity contribution in [2.75, 3.05) is 0 Å². The molecule has 0 amide bonds. The zero-order chi connectivity index (χ0) is 24.2. The van der Waals surface area contributed by atoms with Crippen molar-refractivity contribution in [2.24, 2.45) is 0 Å². The Morgan fingerprint density at radius 1 is 0.444 bits per heavy atom. The molecular weight excluding hydrogens is 454 g/mol. The third-order valence-corrected chi connectivity index (χ3v) is 8.02. The lowest BCUT2D eigenvalue weighted by Gasteiger charge is -2.21. The van der Waals surface area contributed by atoms with Gasteiger partial charge in [0.25, 0.3) is 0 Å². The summed E-state index contributed by atoms with van der Waals surface area (Å²) < 4.78 is 2.45. The fourth-order valence-corrected chi connectivity index (χ4v) is 6.29. The first kappa shape index (κ1) is 22.5. The normalized spacial score (nSPS) is 11.4. The third-order valence-electron chi connectivity index (χ3n) is 6.66. The van der Waals surface area contributed by atoms with Gasteiger partial charge in [0.2, 0.25) is 0 Å². The molecule has 0 bridgehead atoms. The van der Waals surface area contributed by atoms with Crippen LogP contribution in [0.5, 0.6) is 0 Å². The van der Waals surface area contributed by atoms with E-state index >= 15 is 0 Å².